The van der Waals surface area contributed by atoms with Crippen molar-refractivity contribution in [2.24, 2.45) is 4.99 Å². The number of guanidine groups is 1. The average molecular weight is 417 g/mol. The first-order chi connectivity index (χ1) is 14.3. The molecule has 1 aromatic carbocycles. The second-order valence-corrected chi connectivity index (χ2v) is 8.05. The van der Waals surface area contributed by atoms with Gasteiger partial charge in [0.2, 0.25) is 0 Å². The van der Waals surface area contributed by atoms with Crippen molar-refractivity contribution in [3.8, 4) is 5.75 Å². The van der Waals surface area contributed by atoms with Gasteiger partial charge in [-0.2, -0.15) is 0 Å². The fourth-order valence-corrected chi connectivity index (χ4v) is 4.35. The summed E-state index contributed by atoms with van der Waals surface area (Å²) in [6.07, 6.45) is 2.58. The fraction of sp³-hybridized carbons (Fsp3) is 0.500. The van der Waals surface area contributed by atoms with Crippen molar-refractivity contribution in [3.63, 3.8) is 0 Å². The highest BCUT2D eigenvalue weighted by molar-refractivity contribution is 7.10. The monoisotopic (exact) mass is 416 g/mol. The van der Waals surface area contributed by atoms with Crippen LogP contribution in [0.3, 0.4) is 0 Å². The van der Waals surface area contributed by atoms with Gasteiger partial charge in [-0.1, -0.05) is 18.2 Å². The number of rotatable bonds is 10. The van der Waals surface area contributed by atoms with Crippen LogP contribution in [0, 0.1) is 0 Å². The number of aliphatic imine (C=N–C) groups is 1. The fourth-order valence-electron chi connectivity index (χ4n) is 3.49. The predicted octanol–water partition coefficient (Wildman–Crippen LogP) is 3.28. The number of hydrogen-bond donors (Lipinski definition) is 2. The molecule has 0 amide bonds. The molecule has 1 aliphatic rings. The lowest BCUT2D eigenvalue weighted by Gasteiger charge is -2.27. The van der Waals surface area contributed by atoms with Gasteiger partial charge in [-0.25, -0.2) is 0 Å². The number of nitrogens with zero attached hydrogens (tertiary/aromatic N) is 2. The van der Waals surface area contributed by atoms with Gasteiger partial charge >= 0.3 is 0 Å². The van der Waals surface area contributed by atoms with E-state index >= 15 is 0 Å². The van der Waals surface area contributed by atoms with Crippen molar-refractivity contribution in [2.75, 3.05) is 47.0 Å². The van der Waals surface area contributed by atoms with Gasteiger partial charge in [0.25, 0.3) is 0 Å². The second kappa shape index (κ2) is 11.8. The first-order valence-electron chi connectivity index (χ1n) is 10.2. The summed E-state index contributed by atoms with van der Waals surface area (Å²) in [6, 6.07) is 12.9. The van der Waals surface area contributed by atoms with Crippen LogP contribution >= 0.6 is 11.3 Å². The van der Waals surface area contributed by atoms with Crippen molar-refractivity contribution in [1.82, 2.24) is 15.5 Å². The Kier molecular flexibility index (Phi) is 8.80. The van der Waals surface area contributed by atoms with Crippen LogP contribution in [0.1, 0.15) is 29.3 Å². The highest BCUT2D eigenvalue weighted by Crippen LogP contribution is 2.27. The molecule has 7 heteroatoms. The lowest BCUT2D eigenvalue weighted by molar-refractivity contribution is 0.146. The maximum atomic E-state index is 5.61. The van der Waals surface area contributed by atoms with Gasteiger partial charge < -0.3 is 20.1 Å². The number of thiophene rings is 1. The Morgan fingerprint density at radius 1 is 1.14 bits per heavy atom. The Balaban J connectivity index is 1.48. The van der Waals surface area contributed by atoms with Gasteiger partial charge in [-0.15, -0.1) is 11.3 Å². The number of ether oxygens (including phenoxy) is 2. The number of hydrogen-bond acceptors (Lipinski definition) is 5. The van der Waals surface area contributed by atoms with Crippen molar-refractivity contribution >= 4 is 17.3 Å². The first kappa shape index (κ1) is 21.6. The second-order valence-electron chi connectivity index (χ2n) is 7.07. The molecular formula is C22H32N4O2S. The third-order valence-corrected chi connectivity index (χ3v) is 6.05. The van der Waals surface area contributed by atoms with E-state index in [2.05, 4.69) is 50.2 Å². The topological polar surface area (TPSA) is 58.1 Å². The summed E-state index contributed by atoms with van der Waals surface area (Å²) in [6.45, 7) is 5.07. The van der Waals surface area contributed by atoms with Crippen LogP contribution in [0.5, 0.6) is 5.75 Å². The zero-order valence-corrected chi connectivity index (χ0v) is 18.2. The van der Waals surface area contributed by atoms with E-state index in [0.29, 0.717) is 25.8 Å². The van der Waals surface area contributed by atoms with E-state index in [0.717, 1.165) is 18.3 Å². The summed E-state index contributed by atoms with van der Waals surface area (Å²) < 4.78 is 10.6. The molecule has 0 saturated carbocycles. The van der Waals surface area contributed by atoms with Crippen LogP contribution in [0.4, 0.5) is 0 Å². The highest BCUT2D eigenvalue weighted by atomic mass is 32.1. The Bertz CT molecular complexity index is 728. The van der Waals surface area contributed by atoms with Crippen LogP contribution in [0.15, 0.2) is 46.8 Å². The summed E-state index contributed by atoms with van der Waals surface area (Å²) in [7, 11) is 3.49. The van der Waals surface area contributed by atoms with E-state index in [1.54, 1.807) is 7.11 Å². The Hall–Kier alpha value is -2.09. The minimum Gasteiger partial charge on any atom is -0.491 e. The van der Waals surface area contributed by atoms with Gasteiger partial charge in [-0.3, -0.25) is 9.89 Å². The molecule has 2 aromatic rings. The van der Waals surface area contributed by atoms with E-state index in [4.69, 9.17) is 9.47 Å². The number of nitrogens with one attached hydrogen (secondary N) is 2. The molecule has 2 N–H and O–H groups in total. The van der Waals surface area contributed by atoms with Crippen LogP contribution in [0.2, 0.25) is 0 Å². The minimum atomic E-state index is 0.402. The smallest absolute Gasteiger partial charge is 0.191 e. The quantitative estimate of drug-likeness (QED) is 0.354. The Morgan fingerprint density at radius 2 is 1.93 bits per heavy atom. The molecule has 6 nitrogen and oxygen atoms in total. The maximum absolute atomic E-state index is 5.61. The molecule has 0 radical (unpaired) electrons. The predicted molar refractivity (Wildman–Crippen MR) is 120 cm³/mol. The first-order valence-corrected chi connectivity index (χ1v) is 11.1. The molecule has 1 aromatic heterocycles. The molecule has 2 heterocycles. The van der Waals surface area contributed by atoms with Crippen molar-refractivity contribution in [2.45, 2.75) is 25.4 Å². The van der Waals surface area contributed by atoms with Crippen molar-refractivity contribution < 1.29 is 9.47 Å². The van der Waals surface area contributed by atoms with Crippen LogP contribution < -0.4 is 15.4 Å². The van der Waals surface area contributed by atoms with Crippen LogP contribution in [-0.2, 0) is 11.3 Å². The third kappa shape index (κ3) is 6.73. The molecular weight excluding hydrogens is 384 g/mol. The lowest BCUT2D eigenvalue weighted by atomic mass is 10.2. The van der Waals surface area contributed by atoms with Gasteiger partial charge in [0.1, 0.15) is 12.4 Å². The number of methoxy groups -OCH3 is 1. The highest BCUT2D eigenvalue weighted by Gasteiger charge is 2.24. The van der Waals surface area contributed by atoms with Crippen molar-refractivity contribution in [1.29, 1.82) is 0 Å². The largest absolute Gasteiger partial charge is 0.491 e. The summed E-state index contributed by atoms with van der Waals surface area (Å²) in [5, 5.41) is 9.09. The Labute approximate surface area is 177 Å². The molecule has 0 aliphatic carbocycles. The van der Waals surface area contributed by atoms with E-state index in [1.807, 2.05) is 30.5 Å². The summed E-state index contributed by atoms with van der Waals surface area (Å²) in [4.78, 5) is 8.38. The number of benzene rings is 1. The molecule has 1 saturated heterocycles. The molecule has 1 unspecified atom stereocenters. The molecule has 3 rings (SSSR count). The molecule has 1 fully saturated rings. The third-order valence-electron chi connectivity index (χ3n) is 5.08. The standard InChI is InChI=1S/C22H32N4O2S/c1-23-22(24-16-18-7-9-19(10-8-18)28-14-13-27-2)25-17-20(21-6-5-15-29-21)26-11-3-4-12-26/h5-10,15,20H,3-4,11-14,16-17H2,1-2H3,(H2,23,24,25). The Morgan fingerprint density at radius 3 is 2.59 bits per heavy atom. The molecule has 0 spiro atoms. The van der Waals surface area contributed by atoms with Crippen molar-refractivity contribution in [3.05, 3.63) is 52.2 Å². The van der Waals surface area contributed by atoms with E-state index in [-0.39, 0.29) is 0 Å². The zero-order chi connectivity index (χ0) is 20.3. The summed E-state index contributed by atoms with van der Waals surface area (Å²) in [5.74, 6) is 1.68. The average Bonchev–Trinajstić information content (AvgIpc) is 3.46. The van der Waals surface area contributed by atoms with Gasteiger partial charge in [0.15, 0.2) is 5.96 Å². The zero-order valence-electron chi connectivity index (χ0n) is 17.4. The van der Waals surface area contributed by atoms with E-state index < -0.39 is 0 Å². The molecule has 1 atom stereocenters. The van der Waals surface area contributed by atoms with E-state index in [1.165, 1.54) is 36.4 Å². The summed E-state index contributed by atoms with van der Waals surface area (Å²) >= 11 is 1.83. The maximum Gasteiger partial charge on any atom is 0.191 e. The summed E-state index contributed by atoms with van der Waals surface area (Å²) in [5.41, 5.74) is 1.18. The SMILES string of the molecule is CN=C(NCc1ccc(OCCOC)cc1)NCC(c1cccs1)N1CCCC1. The minimum absolute atomic E-state index is 0.402. The number of likely N-dealkylation sites (tertiary alicyclic amines) is 1. The van der Waals surface area contributed by atoms with E-state index in [9.17, 15) is 0 Å². The normalized spacial score (nSPS) is 16.0. The van der Waals surface area contributed by atoms with Gasteiger partial charge in [-0.05, 0) is 55.1 Å². The molecule has 158 valence electrons. The van der Waals surface area contributed by atoms with Gasteiger partial charge in [0.05, 0.1) is 12.6 Å². The van der Waals surface area contributed by atoms with Crippen LogP contribution in [0.25, 0.3) is 0 Å². The molecule has 29 heavy (non-hydrogen) atoms. The van der Waals surface area contributed by atoms with Gasteiger partial charge in [0, 0.05) is 32.1 Å². The lowest BCUT2D eigenvalue weighted by Crippen LogP contribution is -2.42. The van der Waals surface area contributed by atoms with Crippen LogP contribution in [-0.4, -0.2) is 57.9 Å². The molecule has 0 bridgehead atoms. The molecule has 1 aliphatic heterocycles.